The third-order valence-corrected chi connectivity index (χ3v) is 4.71. The molecule has 0 atom stereocenters. The molecule has 0 N–H and O–H groups in total. The Kier molecular flexibility index (Phi) is 4.32. The van der Waals surface area contributed by atoms with Gasteiger partial charge in [-0.2, -0.15) is 10.2 Å². The van der Waals surface area contributed by atoms with Crippen molar-refractivity contribution < 1.29 is 0 Å². The fraction of sp³-hybridized carbons (Fsp3) is 0.0833. The van der Waals surface area contributed by atoms with Crippen LogP contribution in [0.5, 0.6) is 0 Å². The topological polar surface area (TPSA) is 24.7 Å². The highest BCUT2D eigenvalue weighted by Gasteiger charge is 2.05. The van der Waals surface area contributed by atoms with Gasteiger partial charge in [0.1, 0.15) is 0 Å². The fourth-order valence-corrected chi connectivity index (χ4v) is 3.34. The summed E-state index contributed by atoms with van der Waals surface area (Å²) in [6.07, 6.45) is 0. The predicted molar refractivity (Wildman–Crippen MR) is 112 cm³/mol. The van der Waals surface area contributed by atoms with Gasteiger partial charge in [0, 0.05) is 11.1 Å². The van der Waals surface area contributed by atoms with Gasteiger partial charge in [-0.05, 0) is 35.4 Å². The standard InChI is InChI=1S/C24H20N2/c1-17(21-15-7-11-19-9-3-5-13-23(19)21)25-26-18(2)22-16-8-12-20-10-4-6-14-24(20)22/h3-16H,1-2H3. The summed E-state index contributed by atoms with van der Waals surface area (Å²) in [6, 6.07) is 29.3. The minimum absolute atomic E-state index is 0.918. The molecule has 0 spiro atoms. The largest absolute Gasteiger partial charge is 0.155 e. The fourth-order valence-electron chi connectivity index (χ4n) is 3.34. The van der Waals surface area contributed by atoms with E-state index in [4.69, 9.17) is 0 Å². The summed E-state index contributed by atoms with van der Waals surface area (Å²) in [4.78, 5) is 0. The molecule has 26 heavy (non-hydrogen) atoms. The van der Waals surface area contributed by atoms with Gasteiger partial charge in [-0.3, -0.25) is 0 Å². The van der Waals surface area contributed by atoms with Gasteiger partial charge in [0.2, 0.25) is 0 Å². The van der Waals surface area contributed by atoms with Crippen molar-refractivity contribution in [1.82, 2.24) is 0 Å². The smallest absolute Gasteiger partial charge is 0.0678 e. The predicted octanol–water partition coefficient (Wildman–Crippen LogP) is 6.23. The van der Waals surface area contributed by atoms with Crippen LogP contribution in [0.2, 0.25) is 0 Å². The van der Waals surface area contributed by atoms with Gasteiger partial charge in [0.25, 0.3) is 0 Å². The summed E-state index contributed by atoms with van der Waals surface area (Å²) in [5.41, 5.74) is 4.08. The number of rotatable bonds is 3. The summed E-state index contributed by atoms with van der Waals surface area (Å²) in [7, 11) is 0. The average molecular weight is 336 g/mol. The second-order valence-electron chi connectivity index (χ2n) is 6.42. The van der Waals surface area contributed by atoms with Gasteiger partial charge < -0.3 is 0 Å². The summed E-state index contributed by atoms with van der Waals surface area (Å²) in [5, 5.41) is 13.9. The average Bonchev–Trinajstić information content (AvgIpc) is 2.71. The van der Waals surface area contributed by atoms with E-state index in [9.17, 15) is 0 Å². The van der Waals surface area contributed by atoms with E-state index in [1.807, 2.05) is 13.8 Å². The van der Waals surface area contributed by atoms with E-state index < -0.39 is 0 Å². The lowest BCUT2D eigenvalue weighted by Crippen LogP contribution is -1.98. The van der Waals surface area contributed by atoms with Crippen LogP contribution < -0.4 is 0 Å². The van der Waals surface area contributed by atoms with Crippen LogP contribution in [0.4, 0.5) is 0 Å². The van der Waals surface area contributed by atoms with Crippen LogP contribution in [0.1, 0.15) is 25.0 Å². The van der Waals surface area contributed by atoms with Gasteiger partial charge in [-0.1, -0.05) is 84.9 Å². The van der Waals surface area contributed by atoms with Gasteiger partial charge >= 0.3 is 0 Å². The molecule has 0 radical (unpaired) electrons. The number of fused-ring (bicyclic) bond motifs is 2. The lowest BCUT2D eigenvalue weighted by Gasteiger charge is -2.06. The van der Waals surface area contributed by atoms with Crippen molar-refractivity contribution in [2.75, 3.05) is 0 Å². The van der Waals surface area contributed by atoms with Crippen molar-refractivity contribution in [2.45, 2.75) is 13.8 Å². The highest BCUT2D eigenvalue weighted by Crippen LogP contribution is 2.21. The zero-order valence-corrected chi connectivity index (χ0v) is 15.0. The zero-order valence-electron chi connectivity index (χ0n) is 15.0. The van der Waals surface area contributed by atoms with Crippen LogP contribution in [0.3, 0.4) is 0 Å². The van der Waals surface area contributed by atoms with E-state index in [1.54, 1.807) is 0 Å². The minimum Gasteiger partial charge on any atom is -0.155 e. The van der Waals surface area contributed by atoms with Crippen LogP contribution in [0, 0.1) is 0 Å². The maximum atomic E-state index is 4.53. The first-order chi connectivity index (χ1) is 12.7. The summed E-state index contributed by atoms with van der Waals surface area (Å²) >= 11 is 0. The molecule has 0 bridgehead atoms. The number of hydrogen-bond acceptors (Lipinski definition) is 2. The highest BCUT2D eigenvalue weighted by molar-refractivity contribution is 6.12. The first-order valence-corrected chi connectivity index (χ1v) is 8.79. The lowest BCUT2D eigenvalue weighted by molar-refractivity contribution is 1.22. The van der Waals surface area contributed by atoms with Gasteiger partial charge in [-0.25, -0.2) is 0 Å². The molecule has 126 valence electrons. The molecule has 0 amide bonds. The van der Waals surface area contributed by atoms with Crippen molar-refractivity contribution in [3.05, 3.63) is 96.1 Å². The zero-order chi connectivity index (χ0) is 17.9. The molecule has 0 aliphatic carbocycles. The third kappa shape index (κ3) is 3.02. The molecule has 4 aromatic rings. The molecule has 2 heteroatoms. The second kappa shape index (κ2) is 6.93. The molecule has 0 saturated heterocycles. The van der Waals surface area contributed by atoms with Crippen LogP contribution in [-0.2, 0) is 0 Å². The molecule has 4 rings (SSSR count). The quantitative estimate of drug-likeness (QED) is 0.313. The van der Waals surface area contributed by atoms with Gasteiger partial charge in [-0.15, -0.1) is 0 Å². The number of hydrogen-bond donors (Lipinski definition) is 0. The summed E-state index contributed by atoms with van der Waals surface area (Å²) in [5.74, 6) is 0. The maximum absolute atomic E-state index is 4.53. The van der Waals surface area contributed by atoms with Crippen LogP contribution in [0.25, 0.3) is 21.5 Å². The normalized spacial score (nSPS) is 12.7. The third-order valence-electron chi connectivity index (χ3n) is 4.71. The Morgan fingerprint density at radius 3 is 1.35 bits per heavy atom. The van der Waals surface area contributed by atoms with E-state index in [-0.39, 0.29) is 0 Å². The SMILES string of the molecule is CC(=NN=C(C)c1cccc2ccccc12)c1cccc2ccccc12. The molecule has 0 heterocycles. The second-order valence-corrected chi connectivity index (χ2v) is 6.42. The monoisotopic (exact) mass is 336 g/mol. The Labute approximate surface area is 153 Å². The first-order valence-electron chi connectivity index (χ1n) is 8.79. The van der Waals surface area contributed by atoms with E-state index in [2.05, 4.69) is 95.1 Å². The molecular weight excluding hydrogens is 316 g/mol. The Morgan fingerprint density at radius 2 is 0.885 bits per heavy atom. The molecule has 0 aliphatic rings. The molecule has 0 aliphatic heterocycles. The van der Waals surface area contributed by atoms with Gasteiger partial charge in [0.05, 0.1) is 11.4 Å². The Bertz CT molecular complexity index is 1050. The molecule has 4 aromatic carbocycles. The first kappa shape index (κ1) is 16.2. The number of nitrogens with zero attached hydrogens (tertiary/aromatic N) is 2. The Morgan fingerprint density at radius 1 is 0.500 bits per heavy atom. The maximum Gasteiger partial charge on any atom is 0.0678 e. The number of benzene rings is 4. The van der Waals surface area contributed by atoms with Crippen molar-refractivity contribution in [2.24, 2.45) is 10.2 Å². The van der Waals surface area contributed by atoms with E-state index in [0.717, 1.165) is 22.6 Å². The van der Waals surface area contributed by atoms with E-state index in [1.165, 1.54) is 21.5 Å². The minimum atomic E-state index is 0.918. The Balaban J connectivity index is 1.75. The van der Waals surface area contributed by atoms with Crippen LogP contribution in [0.15, 0.2) is 95.1 Å². The molecule has 0 unspecified atom stereocenters. The molecule has 0 fully saturated rings. The molecular formula is C24H20N2. The van der Waals surface area contributed by atoms with Crippen LogP contribution >= 0.6 is 0 Å². The highest BCUT2D eigenvalue weighted by atomic mass is 15.2. The van der Waals surface area contributed by atoms with Crippen molar-refractivity contribution in [1.29, 1.82) is 0 Å². The van der Waals surface area contributed by atoms with E-state index in [0.29, 0.717) is 0 Å². The van der Waals surface area contributed by atoms with E-state index >= 15 is 0 Å². The molecule has 0 aromatic heterocycles. The molecule has 2 nitrogen and oxygen atoms in total. The molecule has 0 saturated carbocycles. The summed E-state index contributed by atoms with van der Waals surface area (Å²) < 4.78 is 0. The lowest BCUT2D eigenvalue weighted by atomic mass is 10.0. The summed E-state index contributed by atoms with van der Waals surface area (Å²) in [6.45, 7) is 4.03. The van der Waals surface area contributed by atoms with Gasteiger partial charge in [0.15, 0.2) is 0 Å². The van der Waals surface area contributed by atoms with Crippen molar-refractivity contribution in [3.8, 4) is 0 Å². The Hall–Kier alpha value is -3.26. The van der Waals surface area contributed by atoms with Crippen molar-refractivity contribution >= 4 is 33.0 Å². The van der Waals surface area contributed by atoms with Crippen LogP contribution in [-0.4, -0.2) is 11.4 Å². The van der Waals surface area contributed by atoms with Crippen molar-refractivity contribution in [3.63, 3.8) is 0 Å².